The first-order valence-electron chi connectivity index (χ1n) is 34.7. The lowest BCUT2D eigenvalue weighted by molar-refractivity contribution is -0.252. The molecular formula is C74H124N6O18S2. The molecule has 2 aromatic rings. The number of hydrogen-bond acceptors (Lipinski definition) is 22. The van der Waals surface area contributed by atoms with Crippen LogP contribution in [-0.2, 0) is 87.3 Å². The Morgan fingerprint density at radius 1 is 0.410 bits per heavy atom. The highest BCUT2D eigenvalue weighted by Crippen LogP contribution is 2.33. The minimum atomic E-state index is -0.999. The molecule has 0 heterocycles. The summed E-state index contributed by atoms with van der Waals surface area (Å²) in [6.07, 6.45) is 3.14. The quantitative estimate of drug-likeness (QED) is 0.0121. The average Bonchev–Trinajstić information content (AvgIpc) is 0.800. The highest BCUT2D eigenvalue weighted by molar-refractivity contribution is 7.80. The van der Waals surface area contributed by atoms with Gasteiger partial charge in [0.05, 0.1) is 130 Å². The molecule has 0 aliphatic heterocycles. The van der Waals surface area contributed by atoms with E-state index in [-0.39, 0.29) is 34.8 Å². The van der Waals surface area contributed by atoms with Crippen molar-refractivity contribution in [1.82, 2.24) is 31.1 Å². The third-order valence-electron chi connectivity index (χ3n) is 16.9. The maximum atomic E-state index is 14.7. The van der Waals surface area contributed by atoms with Crippen LogP contribution in [0.5, 0.6) is 11.5 Å². The second-order valence-corrected chi connectivity index (χ2v) is 29.3. The number of carbonyl (C=O) groups is 6. The summed E-state index contributed by atoms with van der Waals surface area (Å²) in [7, 11) is 6.62. The lowest BCUT2D eigenvalue weighted by Crippen LogP contribution is -2.61. The van der Waals surface area contributed by atoms with Crippen LogP contribution in [0.3, 0.4) is 0 Å². The molecular weight excluding hydrogens is 1320 g/mol. The molecule has 100 heavy (non-hydrogen) atoms. The zero-order chi connectivity index (χ0) is 75.2. The molecule has 26 heteroatoms. The summed E-state index contributed by atoms with van der Waals surface area (Å²) < 4.78 is 55.8. The van der Waals surface area contributed by atoms with Crippen LogP contribution < -0.4 is 30.7 Å². The Kier molecular flexibility index (Phi) is 42.7. The molecule has 0 saturated carbocycles. The van der Waals surface area contributed by atoms with E-state index in [0.29, 0.717) is 142 Å². The number of amides is 4. The molecule has 0 spiro atoms. The number of carbonyl (C=O) groups excluding carboxylic acids is 6. The standard InChI is InChI=1S/C74H124N6O18S2/c1-51(2)59(79(19)67(83)63(71(7,8)9)77-65(81)61(75-17)73(13,14)55-21-25-57(26-22-55)95-43-41-91-35-33-87-29-31-89-37-39-93-45-47-99)49-53(5)69(85)97-98-70(86)54(6)50-60(52(3)4)80(20)68(84)64(72(10,11)12)78-66(82)62(76-18)74(15,16)56-23-27-58(28-24-56)96-44-42-92-36-34-88-30-32-90-38-40-94-46-48-100/h21-28,49-52,59-64,75-76,99-100H,29-48H2,1-20H3,(H,77,81)(H,78,82)/b53-49+,54-50+/t59-,60-,61-,62-,63-,64-/m1/s1. The van der Waals surface area contributed by atoms with Gasteiger partial charge in [-0.25, -0.2) is 19.4 Å². The zero-order valence-corrected chi connectivity index (χ0v) is 65.5. The molecule has 0 fully saturated rings. The van der Waals surface area contributed by atoms with Crippen LogP contribution in [0.2, 0.25) is 0 Å². The van der Waals surface area contributed by atoms with Gasteiger partial charge in [-0.15, -0.1) is 0 Å². The molecule has 570 valence electrons. The number of thiol groups is 2. The van der Waals surface area contributed by atoms with Crippen molar-refractivity contribution in [3.63, 3.8) is 0 Å². The van der Waals surface area contributed by atoms with Crippen LogP contribution in [-0.4, -0.2) is 240 Å². The van der Waals surface area contributed by atoms with Crippen molar-refractivity contribution in [3.8, 4) is 11.5 Å². The molecule has 4 N–H and O–H groups in total. The van der Waals surface area contributed by atoms with Crippen molar-refractivity contribution in [2.45, 2.75) is 158 Å². The Bertz CT molecular complexity index is 2590. The van der Waals surface area contributed by atoms with Crippen LogP contribution in [0.25, 0.3) is 0 Å². The molecule has 0 saturated heterocycles. The van der Waals surface area contributed by atoms with Gasteiger partial charge in [0.25, 0.3) is 0 Å². The molecule has 0 radical (unpaired) electrons. The largest absolute Gasteiger partial charge is 0.491 e. The van der Waals surface area contributed by atoms with Crippen molar-refractivity contribution in [3.05, 3.63) is 83.0 Å². The average molecular weight is 1450 g/mol. The third-order valence-corrected chi connectivity index (χ3v) is 17.2. The summed E-state index contributed by atoms with van der Waals surface area (Å²) >= 11 is 8.21. The van der Waals surface area contributed by atoms with Gasteiger partial charge >= 0.3 is 11.9 Å². The predicted molar refractivity (Wildman–Crippen MR) is 395 cm³/mol. The molecule has 6 atom stereocenters. The number of likely N-dealkylation sites (N-methyl/N-ethyl adjacent to an activating group) is 4. The Morgan fingerprint density at radius 3 is 0.890 bits per heavy atom. The molecule has 0 aromatic heterocycles. The lowest BCUT2D eigenvalue weighted by Gasteiger charge is -2.40. The fourth-order valence-corrected chi connectivity index (χ4v) is 11.1. The number of rotatable bonds is 50. The fraction of sp³-hybridized carbons (Fsp3) is 0.703. The second kappa shape index (κ2) is 47.1. The van der Waals surface area contributed by atoms with Crippen molar-refractivity contribution in [1.29, 1.82) is 0 Å². The smallest absolute Gasteiger partial charge is 0.381 e. The Hall–Kier alpha value is -5.36. The van der Waals surface area contributed by atoms with E-state index >= 15 is 0 Å². The predicted octanol–water partition coefficient (Wildman–Crippen LogP) is 7.79. The number of ether oxygens (including phenoxy) is 10. The van der Waals surface area contributed by atoms with Gasteiger partial charge in [0.2, 0.25) is 23.6 Å². The van der Waals surface area contributed by atoms with Gasteiger partial charge in [-0.2, -0.15) is 25.3 Å². The fourth-order valence-electron chi connectivity index (χ4n) is 10.8. The molecule has 0 aliphatic rings. The third kappa shape index (κ3) is 32.1. The van der Waals surface area contributed by atoms with E-state index in [9.17, 15) is 28.8 Å². The summed E-state index contributed by atoms with van der Waals surface area (Å²) in [5.41, 5.74) is -1.22. The zero-order valence-electron chi connectivity index (χ0n) is 63.7. The Balaban J connectivity index is 2.09. The van der Waals surface area contributed by atoms with E-state index < -0.39 is 81.7 Å². The normalized spacial score (nSPS) is 14.4. The first kappa shape index (κ1) is 90.7. The van der Waals surface area contributed by atoms with Gasteiger partial charge in [-0.1, -0.05) is 133 Å². The molecule has 24 nitrogen and oxygen atoms in total. The summed E-state index contributed by atoms with van der Waals surface area (Å²) in [5, 5.41) is 12.5. The first-order chi connectivity index (χ1) is 47.1. The maximum Gasteiger partial charge on any atom is 0.381 e. The number of nitrogens with zero attached hydrogens (tertiary/aromatic N) is 2. The van der Waals surface area contributed by atoms with Crippen LogP contribution in [0.15, 0.2) is 71.8 Å². The van der Waals surface area contributed by atoms with Gasteiger partial charge < -0.3 is 78.4 Å². The molecule has 2 aromatic carbocycles. The van der Waals surface area contributed by atoms with Crippen molar-refractivity contribution >= 4 is 60.8 Å². The second-order valence-electron chi connectivity index (χ2n) is 28.4. The van der Waals surface area contributed by atoms with E-state index in [1.165, 1.54) is 23.6 Å². The molecule has 0 bridgehead atoms. The van der Waals surface area contributed by atoms with Crippen LogP contribution in [0, 0.1) is 22.7 Å². The van der Waals surface area contributed by atoms with E-state index in [4.69, 9.17) is 57.1 Å². The maximum absolute atomic E-state index is 14.7. The van der Waals surface area contributed by atoms with Crippen molar-refractivity contribution in [2.75, 3.05) is 159 Å². The summed E-state index contributed by atoms with van der Waals surface area (Å²) in [4.78, 5) is 98.5. The number of benzene rings is 2. The van der Waals surface area contributed by atoms with Gasteiger partial charge in [-0.3, -0.25) is 19.2 Å². The van der Waals surface area contributed by atoms with Gasteiger partial charge in [0, 0.05) is 47.6 Å². The van der Waals surface area contributed by atoms with E-state index in [1.54, 1.807) is 40.3 Å². The topological polar surface area (TPSA) is 268 Å². The Morgan fingerprint density at radius 2 is 0.660 bits per heavy atom. The van der Waals surface area contributed by atoms with E-state index in [0.717, 1.165) is 11.1 Å². The van der Waals surface area contributed by atoms with Crippen molar-refractivity contribution in [2.24, 2.45) is 22.7 Å². The van der Waals surface area contributed by atoms with Crippen molar-refractivity contribution < 1.29 is 85.9 Å². The van der Waals surface area contributed by atoms with Crippen LogP contribution in [0.1, 0.15) is 122 Å². The molecule has 4 amide bonds. The van der Waals surface area contributed by atoms with Gasteiger partial charge in [-0.05, 0) is 86.0 Å². The van der Waals surface area contributed by atoms with Gasteiger partial charge in [0.15, 0.2) is 0 Å². The van der Waals surface area contributed by atoms with Crippen LogP contribution >= 0.6 is 25.3 Å². The minimum absolute atomic E-state index is 0.0528. The molecule has 2 rings (SSSR count). The SMILES string of the molecule is CN[C@H](C(=O)N[C@H](C(=O)N(C)[C@H](/C=C(\C)C(=O)OOC(=O)/C(C)=C/[C@H](C(C)C)N(C)C(=O)[C@@H](NC(=O)[C@@H](NC)C(C)(C)c1ccc(OCCOCCOCCOCCOCCS)cc1)C(C)(C)C)C(C)C)C(C)(C)C)C(C)(C)c1ccc(OCCOCCOCCOCCOCCS)cc1. The molecule has 0 unspecified atom stereocenters. The first-order valence-corrected chi connectivity index (χ1v) is 36.0. The minimum Gasteiger partial charge on any atom is -0.491 e. The van der Waals surface area contributed by atoms with Crippen LogP contribution in [0.4, 0.5) is 0 Å². The summed E-state index contributed by atoms with van der Waals surface area (Å²) in [5.74, 6) is -1.34. The van der Waals surface area contributed by atoms with E-state index in [1.807, 2.05) is 145 Å². The monoisotopic (exact) mass is 1450 g/mol. The molecule has 0 aliphatic carbocycles. The highest BCUT2D eigenvalue weighted by Gasteiger charge is 2.44. The lowest BCUT2D eigenvalue weighted by atomic mass is 9.76. The van der Waals surface area contributed by atoms with E-state index in [2.05, 4.69) is 46.5 Å². The Labute approximate surface area is 608 Å². The number of nitrogens with one attached hydrogen (secondary N) is 4. The van der Waals surface area contributed by atoms with Gasteiger partial charge in [0.1, 0.15) is 36.8 Å². The summed E-state index contributed by atoms with van der Waals surface area (Å²) in [6.45, 7) is 37.7. The highest BCUT2D eigenvalue weighted by atomic mass is 32.1. The number of hydrogen-bond donors (Lipinski definition) is 6. The summed E-state index contributed by atoms with van der Waals surface area (Å²) in [6, 6.07) is 10.1.